The zero-order valence-corrected chi connectivity index (χ0v) is 9.86. The quantitative estimate of drug-likeness (QED) is 0.851. The lowest BCUT2D eigenvalue weighted by Gasteiger charge is -2.31. The molecule has 1 aromatic heterocycles. The molecule has 0 aromatic carbocycles. The SMILES string of the molecule is CCC1CCCCC1Oc1cncc(N)c1. The van der Waals surface area contributed by atoms with Gasteiger partial charge in [0.05, 0.1) is 18.1 Å². The molecule has 1 aliphatic rings. The van der Waals surface area contributed by atoms with Crippen LogP contribution >= 0.6 is 0 Å². The van der Waals surface area contributed by atoms with Crippen LogP contribution < -0.4 is 10.5 Å². The fourth-order valence-corrected chi connectivity index (χ4v) is 2.47. The highest BCUT2D eigenvalue weighted by Crippen LogP contribution is 2.30. The third-order valence-corrected chi connectivity index (χ3v) is 3.39. The van der Waals surface area contributed by atoms with Gasteiger partial charge in [0.2, 0.25) is 0 Å². The average Bonchev–Trinajstić information content (AvgIpc) is 2.30. The second-order valence-corrected chi connectivity index (χ2v) is 4.56. The standard InChI is InChI=1S/C13H20N2O/c1-2-10-5-3-4-6-13(10)16-12-7-11(14)8-15-9-12/h7-10,13H,2-6,14H2,1H3. The van der Waals surface area contributed by atoms with Gasteiger partial charge in [-0.1, -0.05) is 13.3 Å². The van der Waals surface area contributed by atoms with E-state index in [9.17, 15) is 0 Å². The third kappa shape index (κ3) is 2.65. The van der Waals surface area contributed by atoms with Gasteiger partial charge in [-0.3, -0.25) is 4.98 Å². The van der Waals surface area contributed by atoms with Crippen LogP contribution in [0.3, 0.4) is 0 Å². The minimum absolute atomic E-state index is 0.349. The topological polar surface area (TPSA) is 48.1 Å². The minimum atomic E-state index is 0.349. The summed E-state index contributed by atoms with van der Waals surface area (Å²) in [6.07, 6.45) is 10.00. The van der Waals surface area contributed by atoms with Crippen molar-refractivity contribution in [2.24, 2.45) is 5.92 Å². The number of nitrogen functional groups attached to an aromatic ring is 1. The first kappa shape index (κ1) is 11.2. The van der Waals surface area contributed by atoms with Crippen molar-refractivity contribution in [1.29, 1.82) is 0 Å². The average molecular weight is 220 g/mol. The summed E-state index contributed by atoms with van der Waals surface area (Å²) >= 11 is 0. The van der Waals surface area contributed by atoms with Gasteiger partial charge in [0.1, 0.15) is 11.9 Å². The van der Waals surface area contributed by atoms with Crippen LogP contribution in [0.4, 0.5) is 5.69 Å². The second-order valence-electron chi connectivity index (χ2n) is 4.56. The molecule has 16 heavy (non-hydrogen) atoms. The first-order valence-electron chi connectivity index (χ1n) is 6.16. The number of aromatic nitrogens is 1. The number of ether oxygens (including phenoxy) is 1. The first-order valence-corrected chi connectivity index (χ1v) is 6.16. The molecule has 88 valence electrons. The van der Waals surface area contributed by atoms with Gasteiger partial charge in [-0.05, 0) is 31.6 Å². The number of nitrogens with two attached hydrogens (primary N) is 1. The number of rotatable bonds is 3. The molecular formula is C13H20N2O. The molecule has 1 fully saturated rings. The smallest absolute Gasteiger partial charge is 0.140 e. The normalized spacial score (nSPS) is 25.3. The lowest BCUT2D eigenvalue weighted by atomic mass is 9.85. The Morgan fingerprint density at radius 1 is 1.38 bits per heavy atom. The van der Waals surface area contributed by atoms with Crippen molar-refractivity contribution in [3.8, 4) is 5.75 Å². The summed E-state index contributed by atoms with van der Waals surface area (Å²) in [5.74, 6) is 1.50. The Morgan fingerprint density at radius 2 is 2.19 bits per heavy atom. The highest BCUT2D eigenvalue weighted by Gasteiger charge is 2.25. The van der Waals surface area contributed by atoms with Crippen LogP contribution in [-0.4, -0.2) is 11.1 Å². The van der Waals surface area contributed by atoms with E-state index in [0.29, 0.717) is 17.7 Å². The van der Waals surface area contributed by atoms with Crippen LogP contribution in [0.5, 0.6) is 5.75 Å². The fourth-order valence-electron chi connectivity index (χ4n) is 2.47. The molecule has 1 heterocycles. The zero-order chi connectivity index (χ0) is 11.4. The molecule has 2 N–H and O–H groups in total. The van der Waals surface area contributed by atoms with Gasteiger partial charge in [-0.2, -0.15) is 0 Å². The van der Waals surface area contributed by atoms with E-state index < -0.39 is 0 Å². The molecule has 2 atom stereocenters. The Bertz CT molecular complexity index is 340. The lowest BCUT2D eigenvalue weighted by molar-refractivity contribution is 0.0901. The van der Waals surface area contributed by atoms with E-state index in [2.05, 4.69) is 11.9 Å². The molecule has 2 unspecified atom stereocenters. The molecule has 1 saturated carbocycles. The molecule has 1 aromatic rings. The largest absolute Gasteiger partial charge is 0.488 e. The van der Waals surface area contributed by atoms with E-state index in [0.717, 1.165) is 12.2 Å². The number of hydrogen-bond donors (Lipinski definition) is 1. The van der Waals surface area contributed by atoms with Crippen LogP contribution in [0.25, 0.3) is 0 Å². The Labute approximate surface area is 97.0 Å². The van der Waals surface area contributed by atoms with E-state index in [1.807, 2.05) is 6.07 Å². The van der Waals surface area contributed by atoms with Crippen molar-refractivity contribution in [3.05, 3.63) is 18.5 Å². The molecule has 0 radical (unpaired) electrons. The molecule has 0 aliphatic heterocycles. The van der Waals surface area contributed by atoms with Crippen LogP contribution in [-0.2, 0) is 0 Å². The minimum Gasteiger partial charge on any atom is -0.488 e. The van der Waals surface area contributed by atoms with Crippen molar-refractivity contribution >= 4 is 5.69 Å². The van der Waals surface area contributed by atoms with Crippen molar-refractivity contribution < 1.29 is 4.74 Å². The summed E-state index contributed by atoms with van der Waals surface area (Å²) in [5, 5.41) is 0. The highest BCUT2D eigenvalue weighted by molar-refractivity contribution is 5.40. The predicted molar refractivity (Wildman–Crippen MR) is 65.3 cm³/mol. The van der Waals surface area contributed by atoms with E-state index in [-0.39, 0.29) is 0 Å². The molecular weight excluding hydrogens is 200 g/mol. The van der Waals surface area contributed by atoms with Gasteiger partial charge in [0, 0.05) is 6.07 Å². The monoisotopic (exact) mass is 220 g/mol. The van der Waals surface area contributed by atoms with Gasteiger partial charge in [0.25, 0.3) is 0 Å². The third-order valence-electron chi connectivity index (χ3n) is 3.39. The number of hydrogen-bond acceptors (Lipinski definition) is 3. The fraction of sp³-hybridized carbons (Fsp3) is 0.615. The molecule has 2 rings (SSSR count). The zero-order valence-electron chi connectivity index (χ0n) is 9.86. The first-order chi connectivity index (χ1) is 7.79. The number of pyridine rings is 1. The van der Waals surface area contributed by atoms with Crippen LogP contribution in [0.15, 0.2) is 18.5 Å². The Morgan fingerprint density at radius 3 is 2.94 bits per heavy atom. The van der Waals surface area contributed by atoms with Crippen molar-refractivity contribution in [3.63, 3.8) is 0 Å². The van der Waals surface area contributed by atoms with Crippen LogP contribution in [0.1, 0.15) is 39.0 Å². The summed E-state index contributed by atoms with van der Waals surface area (Å²) in [5.41, 5.74) is 6.36. The van der Waals surface area contributed by atoms with Crippen molar-refractivity contribution in [2.75, 3.05) is 5.73 Å². The summed E-state index contributed by atoms with van der Waals surface area (Å²) < 4.78 is 6.00. The lowest BCUT2D eigenvalue weighted by Crippen LogP contribution is -2.29. The van der Waals surface area contributed by atoms with Crippen molar-refractivity contribution in [1.82, 2.24) is 4.98 Å². The predicted octanol–water partition coefficient (Wildman–Crippen LogP) is 3.01. The maximum Gasteiger partial charge on any atom is 0.140 e. The maximum absolute atomic E-state index is 6.00. The van der Waals surface area contributed by atoms with Gasteiger partial charge >= 0.3 is 0 Å². The molecule has 3 heteroatoms. The molecule has 3 nitrogen and oxygen atoms in total. The number of anilines is 1. The Kier molecular flexibility index (Phi) is 3.65. The van der Waals surface area contributed by atoms with Gasteiger partial charge < -0.3 is 10.5 Å². The summed E-state index contributed by atoms with van der Waals surface area (Å²) in [4.78, 5) is 4.05. The van der Waals surface area contributed by atoms with E-state index in [4.69, 9.17) is 10.5 Å². The molecule has 0 saturated heterocycles. The Balaban J connectivity index is 2.02. The van der Waals surface area contributed by atoms with Crippen molar-refractivity contribution in [2.45, 2.75) is 45.1 Å². The second kappa shape index (κ2) is 5.19. The van der Waals surface area contributed by atoms with Crippen LogP contribution in [0.2, 0.25) is 0 Å². The van der Waals surface area contributed by atoms with Crippen LogP contribution in [0, 0.1) is 5.92 Å². The maximum atomic E-state index is 6.00. The summed E-state index contributed by atoms with van der Waals surface area (Å²) in [6.45, 7) is 2.24. The van der Waals surface area contributed by atoms with E-state index in [1.54, 1.807) is 12.4 Å². The van der Waals surface area contributed by atoms with E-state index >= 15 is 0 Å². The molecule has 0 spiro atoms. The Hall–Kier alpha value is -1.25. The molecule has 0 bridgehead atoms. The summed E-state index contributed by atoms with van der Waals surface area (Å²) in [6, 6.07) is 1.86. The molecule has 1 aliphatic carbocycles. The molecule has 0 amide bonds. The summed E-state index contributed by atoms with van der Waals surface area (Å²) in [7, 11) is 0. The van der Waals surface area contributed by atoms with E-state index in [1.165, 1.54) is 25.7 Å². The van der Waals surface area contributed by atoms with Gasteiger partial charge in [-0.15, -0.1) is 0 Å². The van der Waals surface area contributed by atoms with Gasteiger partial charge in [-0.25, -0.2) is 0 Å². The highest BCUT2D eigenvalue weighted by atomic mass is 16.5. The van der Waals surface area contributed by atoms with Gasteiger partial charge in [0.15, 0.2) is 0 Å². The number of nitrogens with zero attached hydrogens (tertiary/aromatic N) is 1.